The number of nitrogens with zero attached hydrogens (tertiary/aromatic N) is 2. The molecule has 0 spiro atoms. The number of aromatic nitrogens is 2. The Morgan fingerprint density at radius 3 is 2.46 bits per heavy atom. The second-order valence-corrected chi connectivity index (χ2v) is 4.87. The molecule has 1 saturated carbocycles. The van der Waals surface area contributed by atoms with Crippen LogP contribution in [0.3, 0.4) is 0 Å². The van der Waals surface area contributed by atoms with E-state index in [1.165, 1.54) is 35.9 Å². The van der Waals surface area contributed by atoms with Crippen molar-refractivity contribution in [2.45, 2.75) is 38.1 Å². The van der Waals surface area contributed by atoms with Crippen molar-refractivity contribution in [1.82, 2.24) is 9.13 Å². The Bertz CT molecular complexity index is 331. The topological polar surface area (TPSA) is 9.86 Å². The molecule has 0 saturated heterocycles. The molecule has 1 aromatic heterocycles. The van der Waals surface area contributed by atoms with Crippen molar-refractivity contribution in [2.75, 3.05) is 0 Å². The Balaban J connectivity index is 2.24. The minimum absolute atomic E-state index is 0.766. The average molecular weight is 359 g/mol. The minimum atomic E-state index is 0.766. The van der Waals surface area contributed by atoms with Crippen LogP contribution in [0.15, 0.2) is 12.4 Å². The molecule has 2 rings (SSSR count). The van der Waals surface area contributed by atoms with Gasteiger partial charge in [-0.3, -0.25) is 0 Å². The van der Waals surface area contributed by atoms with E-state index in [-0.39, 0.29) is 0 Å². The first-order valence-electron chi connectivity index (χ1n) is 4.98. The van der Waals surface area contributed by atoms with Crippen molar-refractivity contribution < 1.29 is 19.4 Å². The molecular formula is C10H16N2Pt. The summed E-state index contributed by atoms with van der Waals surface area (Å²) in [4.78, 5) is 0. The quantitative estimate of drug-likeness (QED) is 0.729. The summed E-state index contributed by atoms with van der Waals surface area (Å²) in [6.07, 6.45) is 11.3. The summed E-state index contributed by atoms with van der Waals surface area (Å²) >= 11 is 2.41. The maximum atomic E-state index is 2.43. The Hall–Kier alpha value is -0.102. The molecular weight excluding hydrogens is 343 g/mol. The fourth-order valence-corrected chi connectivity index (χ4v) is 2.84. The molecule has 3 heteroatoms. The van der Waals surface area contributed by atoms with Gasteiger partial charge >= 0.3 is 89.9 Å². The van der Waals surface area contributed by atoms with Crippen LogP contribution in [0.2, 0.25) is 0 Å². The number of rotatable bonds is 1. The van der Waals surface area contributed by atoms with Crippen molar-refractivity contribution in [3.8, 4) is 0 Å². The first-order valence-corrected chi connectivity index (χ1v) is 6.11. The molecule has 76 valence electrons. The summed E-state index contributed by atoms with van der Waals surface area (Å²) in [5.41, 5.74) is 0. The third-order valence-corrected chi connectivity index (χ3v) is 4.27. The van der Waals surface area contributed by atoms with E-state index in [0.717, 1.165) is 6.04 Å². The van der Waals surface area contributed by atoms with E-state index in [4.69, 9.17) is 0 Å². The van der Waals surface area contributed by atoms with Gasteiger partial charge in [-0.25, -0.2) is 0 Å². The van der Waals surface area contributed by atoms with Crippen molar-refractivity contribution in [3.63, 3.8) is 0 Å². The summed E-state index contributed by atoms with van der Waals surface area (Å²) in [5.74, 6) is 0. The molecule has 1 aromatic rings. The Labute approximate surface area is 90.0 Å². The maximum absolute atomic E-state index is 2.43. The molecule has 0 bridgehead atoms. The fourth-order valence-electron chi connectivity index (χ4n) is 2.09. The Morgan fingerprint density at radius 1 is 1.23 bits per heavy atom. The zero-order chi connectivity index (χ0) is 9.26. The van der Waals surface area contributed by atoms with E-state index in [1.54, 1.807) is 0 Å². The predicted molar refractivity (Wildman–Crippen MR) is 48.8 cm³/mol. The van der Waals surface area contributed by atoms with Crippen molar-refractivity contribution in [2.24, 2.45) is 7.05 Å². The first-order chi connectivity index (χ1) is 6.29. The first kappa shape index (κ1) is 9.45. The van der Waals surface area contributed by atoms with Crippen molar-refractivity contribution in [1.29, 1.82) is 0 Å². The molecule has 1 aliphatic carbocycles. The fraction of sp³-hybridized carbons (Fsp3) is 0.700. The molecule has 0 radical (unpaired) electrons. The molecule has 0 N–H and O–H groups in total. The normalized spacial score (nSPS) is 19.3. The van der Waals surface area contributed by atoms with Crippen LogP contribution in [0.5, 0.6) is 0 Å². The van der Waals surface area contributed by atoms with E-state index in [2.05, 4.69) is 47.9 Å². The molecule has 1 fully saturated rings. The van der Waals surface area contributed by atoms with Crippen molar-refractivity contribution in [3.05, 3.63) is 16.2 Å². The number of hydrogen-bond donors (Lipinski definition) is 0. The third-order valence-electron chi connectivity index (χ3n) is 2.89. The molecule has 0 atom stereocenters. The zero-order valence-electron chi connectivity index (χ0n) is 7.98. The van der Waals surface area contributed by atoms with Crippen LogP contribution in [0.25, 0.3) is 0 Å². The van der Waals surface area contributed by atoms with Crippen LogP contribution in [0.4, 0.5) is 0 Å². The number of hydrogen-bond acceptors (Lipinski definition) is 0. The molecule has 1 aliphatic rings. The second kappa shape index (κ2) is 3.96. The van der Waals surface area contributed by atoms with Gasteiger partial charge in [0.2, 0.25) is 0 Å². The molecule has 2 nitrogen and oxygen atoms in total. The van der Waals surface area contributed by atoms with E-state index in [9.17, 15) is 0 Å². The van der Waals surface area contributed by atoms with Crippen molar-refractivity contribution >= 4 is 0 Å². The van der Waals surface area contributed by atoms with Crippen LogP contribution >= 0.6 is 0 Å². The number of aryl methyl sites for hydroxylation is 1. The molecule has 13 heavy (non-hydrogen) atoms. The standard InChI is InChI=1S/C10H16N2.Pt/c1-11-7-8-12(9-11)10-5-3-2-4-6-10;/h7-8,10H,2-6H2,1H3;. The number of imidazole rings is 1. The molecule has 1 heterocycles. The Kier molecular flexibility index (Phi) is 2.88. The van der Waals surface area contributed by atoms with E-state index >= 15 is 0 Å². The molecule has 0 amide bonds. The van der Waals surface area contributed by atoms with E-state index < -0.39 is 0 Å². The predicted octanol–water partition coefficient (Wildman–Crippen LogP) is 2.41. The summed E-state index contributed by atoms with van der Waals surface area (Å²) < 4.78 is 5.98. The van der Waals surface area contributed by atoms with Crippen LogP contribution in [0, 0.1) is 3.80 Å². The average Bonchev–Trinajstić information content (AvgIpc) is 2.49. The summed E-state index contributed by atoms with van der Waals surface area (Å²) in [7, 11) is 2.11. The summed E-state index contributed by atoms with van der Waals surface area (Å²) in [6, 6.07) is 0.766. The van der Waals surface area contributed by atoms with Crippen LogP contribution in [0.1, 0.15) is 38.1 Å². The molecule has 0 aromatic carbocycles. The SMILES string of the molecule is Cn1ccn(C2CCCCC2)[c]1=[Pt]. The zero-order valence-corrected chi connectivity index (χ0v) is 10.3. The summed E-state index contributed by atoms with van der Waals surface area (Å²) in [5, 5.41) is 0. The van der Waals surface area contributed by atoms with Gasteiger partial charge in [0.1, 0.15) is 0 Å². The van der Waals surface area contributed by atoms with E-state index in [0.29, 0.717) is 0 Å². The third kappa shape index (κ3) is 1.88. The second-order valence-electron chi connectivity index (χ2n) is 3.85. The van der Waals surface area contributed by atoms with Gasteiger partial charge in [-0.1, -0.05) is 0 Å². The van der Waals surface area contributed by atoms with Gasteiger partial charge in [0.15, 0.2) is 0 Å². The van der Waals surface area contributed by atoms with Crippen LogP contribution in [-0.2, 0) is 26.4 Å². The monoisotopic (exact) mass is 359 g/mol. The van der Waals surface area contributed by atoms with Crippen LogP contribution < -0.4 is 0 Å². The van der Waals surface area contributed by atoms with Gasteiger partial charge in [-0.2, -0.15) is 0 Å². The molecule has 0 unspecified atom stereocenters. The van der Waals surface area contributed by atoms with Gasteiger partial charge in [0, 0.05) is 0 Å². The van der Waals surface area contributed by atoms with Gasteiger partial charge in [0.25, 0.3) is 0 Å². The summed E-state index contributed by atoms with van der Waals surface area (Å²) in [6.45, 7) is 0. The van der Waals surface area contributed by atoms with Gasteiger partial charge in [-0.05, 0) is 0 Å². The van der Waals surface area contributed by atoms with E-state index in [1.807, 2.05) is 0 Å². The van der Waals surface area contributed by atoms with Gasteiger partial charge < -0.3 is 0 Å². The van der Waals surface area contributed by atoms with Gasteiger partial charge in [-0.15, -0.1) is 0 Å². The van der Waals surface area contributed by atoms with Gasteiger partial charge in [0.05, 0.1) is 0 Å². The molecule has 0 aliphatic heterocycles. The van der Waals surface area contributed by atoms with Crippen LogP contribution in [-0.4, -0.2) is 9.13 Å². The Morgan fingerprint density at radius 2 is 1.92 bits per heavy atom.